The number of benzene rings is 1. The Morgan fingerprint density at radius 1 is 1.36 bits per heavy atom. The fraction of sp³-hybridized carbons (Fsp3) is 0.300. The smallest absolute Gasteiger partial charge is 0.150 e. The van der Waals surface area contributed by atoms with E-state index in [1.807, 2.05) is 0 Å². The van der Waals surface area contributed by atoms with Crippen LogP contribution >= 0.6 is 0 Å². The second-order valence-corrected chi connectivity index (χ2v) is 2.98. The normalized spacial score (nSPS) is 14.8. The van der Waals surface area contributed by atoms with Crippen LogP contribution in [-0.2, 0) is 0 Å². The fourth-order valence-electron chi connectivity index (χ4n) is 1.14. The molecule has 14 heavy (non-hydrogen) atoms. The summed E-state index contributed by atoms with van der Waals surface area (Å²) in [5.74, 6) is 0. The molecule has 0 fully saturated rings. The third kappa shape index (κ3) is 2.38. The van der Waals surface area contributed by atoms with Crippen molar-refractivity contribution in [3.63, 3.8) is 0 Å². The number of carbonyl (C=O) groups excluding carboxylic acids is 1. The standard InChI is InChI=1S/C10H12O4/c11-5-7-2-1-3-8(4-7)10(14)9(13)6-12/h1-5,9-10,12-14H,6H2. The van der Waals surface area contributed by atoms with Crippen LogP contribution in [0.5, 0.6) is 0 Å². The molecule has 0 bridgehead atoms. The maximum Gasteiger partial charge on any atom is 0.150 e. The molecule has 2 atom stereocenters. The minimum Gasteiger partial charge on any atom is -0.394 e. The van der Waals surface area contributed by atoms with E-state index in [2.05, 4.69) is 0 Å². The molecule has 0 aliphatic heterocycles. The van der Waals surface area contributed by atoms with Gasteiger partial charge >= 0.3 is 0 Å². The predicted molar refractivity (Wildman–Crippen MR) is 49.9 cm³/mol. The average molecular weight is 196 g/mol. The molecule has 0 aliphatic carbocycles. The minimum absolute atomic E-state index is 0.413. The number of rotatable bonds is 4. The van der Waals surface area contributed by atoms with E-state index in [0.29, 0.717) is 17.4 Å². The molecule has 2 unspecified atom stereocenters. The van der Waals surface area contributed by atoms with Crippen molar-refractivity contribution in [2.75, 3.05) is 6.61 Å². The summed E-state index contributed by atoms with van der Waals surface area (Å²) in [5.41, 5.74) is 0.836. The van der Waals surface area contributed by atoms with Gasteiger partial charge in [-0.15, -0.1) is 0 Å². The lowest BCUT2D eigenvalue weighted by Gasteiger charge is -2.15. The summed E-state index contributed by atoms with van der Waals surface area (Å²) < 4.78 is 0. The molecule has 4 nitrogen and oxygen atoms in total. The predicted octanol–water partition coefficient (Wildman–Crippen LogP) is -0.114. The van der Waals surface area contributed by atoms with Gasteiger partial charge in [-0.2, -0.15) is 0 Å². The van der Waals surface area contributed by atoms with Crippen LogP contribution < -0.4 is 0 Å². The summed E-state index contributed by atoms with van der Waals surface area (Å²) >= 11 is 0. The van der Waals surface area contributed by atoms with Gasteiger partial charge in [0.1, 0.15) is 18.5 Å². The number of aliphatic hydroxyl groups is 3. The number of carbonyl (C=O) groups is 1. The van der Waals surface area contributed by atoms with E-state index in [1.165, 1.54) is 6.07 Å². The molecule has 1 rings (SSSR count). The molecule has 4 heteroatoms. The topological polar surface area (TPSA) is 77.8 Å². The highest BCUT2D eigenvalue weighted by Gasteiger charge is 2.17. The lowest BCUT2D eigenvalue weighted by molar-refractivity contribution is -0.0152. The van der Waals surface area contributed by atoms with Crippen molar-refractivity contribution in [2.24, 2.45) is 0 Å². The lowest BCUT2D eigenvalue weighted by Crippen LogP contribution is -2.22. The third-order valence-electron chi connectivity index (χ3n) is 1.94. The Hall–Kier alpha value is -1.23. The molecule has 0 saturated heterocycles. The molecule has 0 heterocycles. The van der Waals surface area contributed by atoms with Crippen LogP contribution in [0.15, 0.2) is 24.3 Å². The number of aldehydes is 1. The van der Waals surface area contributed by atoms with Crippen LogP contribution in [0.3, 0.4) is 0 Å². The van der Waals surface area contributed by atoms with Gasteiger partial charge in [0.2, 0.25) is 0 Å². The summed E-state index contributed by atoms with van der Waals surface area (Å²) in [4.78, 5) is 10.4. The van der Waals surface area contributed by atoms with Crippen molar-refractivity contribution < 1.29 is 20.1 Å². The van der Waals surface area contributed by atoms with E-state index in [9.17, 15) is 9.90 Å². The van der Waals surface area contributed by atoms with Gasteiger partial charge in [0.05, 0.1) is 6.61 Å². The number of hydrogen-bond acceptors (Lipinski definition) is 4. The van der Waals surface area contributed by atoms with Crippen LogP contribution in [0.4, 0.5) is 0 Å². The van der Waals surface area contributed by atoms with E-state index in [4.69, 9.17) is 10.2 Å². The van der Waals surface area contributed by atoms with Crippen molar-refractivity contribution in [1.82, 2.24) is 0 Å². The van der Waals surface area contributed by atoms with E-state index >= 15 is 0 Å². The highest BCUT2D eigenvalue weighted by atomic mass is 16.4. The minimum atomic E-state index is -1.23. The summed E-state index contributed by atoms with van der Waals surface area (Å²) in [6, 6.07) is 6.24. The molecular formula is C10H12O4. The van der Waals surface area contributed by atoms with Crippen molar-refractivity contribution in [2.45, 2.75) is 12.2 Å². The van der Waals surface area contributed by atoms with E-state index in [-0.39, 0.29) is 0 Å². The van der Waals surface area contributed by atoms with Gasteiger partial charge < -0.3 is 15.3 Å². The Morgan fingerprint density at radius 2 is 2.07 bits per heavy atom. The Balaban J connectivity index is 2.89. The lowest BCUT2D eigenvalue weighted by atomic mass is 10.0. The maximum absolute atomic E-state index is 10.4. The summed E-state index contributed by atoms with van der Waals surface area (Å²) in [7, 11) is 0. The Morgan fingerprint density at radius 3 is 2.64 bits per heavy atom. The van der Waals surface area contributed by atoms with E-state index < -0.39 is 18.8 Å². The molecule has 0 radical (unpaired) electrons. The fourth-order valence-corrected chi connectivity index (χ4v) is 1.14. The first-order chi connectivity index (χ1) is 6.69. The van der Waals surface area contributed by atoms with Gasteiger partial charge in [-0.3, -0.25) is 4.79 Å². The van der Waals surface area contributed by atoms with Gasteiger partial charge in [0.25, 0.3) is 0 Å². The van der Waals surface area contributed by atoms with Gasteiger partial charge in [-0.05, 0) is 11.6 Å². The molecule has 1 aromatic rings. The SMILES string of the molecule is O=Cc1cccc(C(O)C(O)CO)c1. The van der Waals surface area contributed by atoms with Gasteiger partial charge in [0.15, 0.2) is 0 Å². The third-order valence-corrected chi connectivity index (χ3v) is 1.94. The molecule has 0 aromatic heterocycles. The van der Waals surface area contributed by atoms with E-state index in [1.54, 1.807) is 18.2 Å². The monoisotopic (exact) mass is 196 g/mol. The average Bonchev–Trinajstić information content (AvgIpc) is 2.27. The largest absolute Gasteiger partial charge is 0.394 e. The first-order valence-electron chi connectivity index (χ1n) is 4.21. The van der Waals surface area contributed by atoms with Crippen LogP contribution in [-0.4, -0.2) is 34.3 Å². The molecule has 76 valence electrons. The molecule has 0 saturated carbocycles. The van der Waals surface area contributed by atoms with Crippen molar-refractivity contribution in [3.8, 4) is 0 Å². The van der Waals surface area contributed by atoms with Crippen molar-refractivity contribution in [3.05, 3.63) is 35.4 Å². The first-order valence-corrected chi connectivity index (χ1v) is 4.21. The van der Waals surface area contributed by atoms with Gasteiger partial charge in [-0.25, -0.2) is 0 Å². The van der Waals surface area contributed by atoms with Crippen molar-refractivity contribution in [1.29, 1.82) is 0 Å². The number of hydrogen-bond donors (Lipinski definition) is 3. The second-order valence-electron chi connectivity index (χ2n) is 2.98. The molecule has 0 spiro atoms. The summed E-state index contributed by atoms with van der Waals surface area (Å²) in [6.45, 7) is -0.521. The quantitative estimate of drug-likeness (QED) is 0.587. The van der Waals surface area contributed by atoms with Crippen LogP contribution in [0.2, 0.25) is 0 Å². The van der Waals surface area contributed by atoms with Gasteiger partial charge in [-0.1, -0.05) is 18.2 Å². The second kappa shape index (κ2) is 4.85. The van der Waals surface area contributed by atoms with Crippen LogP contribution in [0.1, 0.15) is 22.0 Å². The Kier molecular flexibility index (Phi) is 3.76. The maximum atomic E-state index is 10.4. The van der Waals surface area contributed by atoms with E-state index in [0.717, 1.165) is 0 Å². The van der Waals surface area contributed by atoms with Crippen LogP contribution in [0, 0.1) is 0 Å². The zero-order chi connectivity index (χ0) is 10.6. The molecular weight excluding hydrogens is 184 g/mol. The summed E-state index contributed by atoms with van der Waals surface area (Å²) in [5, 5.41) is 27.3. The molecule has 1 aromatic carbocycles. The highest BCUT2D eigenvalue weighted by Crippen LogP contribution is 2.17. The van der Waals surface area contributed by atoms with Gasteiger partial charge in [0, 0.05) is 5.56 Å². The first kappa shape index (κ1) is 10.8. The zero-order valence-corrected chi connectivity index (χ0v) is 7.50. The Bertz CT molecular complexity index is 311. The highest BCUT2D eigenvalue weighted by molar-refractivity contribution is 5.74. The Labute approximate surface area is 81.4 Å². The van der Waals surface area contributed by atoms with Crippen LogP contribution in [0.25, 0.3) is 0 Å². The summed E-state index contributed by atoms with van der Waals surface area (Å²) in [6.07, 6.45) is -1.74. The molecule has 0 aliphatic rings. The number of aliphatic hydroxyl groups excluding tert-OH is 3. The van der Waals surface area contributed by atoms with Crippen molar-refractivity contribution >= 4 is 6.29 Å². The zero-order valence-electron chi connectivity index (χ0n) is 7.50. The molecule has 3 N–H and O–H groups in total. The molecule has 0 amide bonds.